The Balaban J connectivity index is 1.64. The van der Waals surface area contributed by atoms with Gasteiger partial charge in [-0.05, 0) is 58.2 Å². The van der Waals surface area contributed by atoms with Gasteiger partial charge in [-0.25, -0.2) is 0 Å². The minimum Gasteiger partial charge on any atom is -0.396 e. The van der Waals surface area contributed by atoms with Gasteiger partial charge in [-0.15, -0.1) is 0 Å². The molecule has 0 aromatic heterocycles. The van der Waals surface area contributed by atoms with Crippen molar-refractivity contribution < 1.29 is 9.90 Å². The maximum absolute atomic E-state index is 12.2. The fraction of sp³-hybridized carbons (Fsp3) is 0.938. The Morgan fingerprint density at radius 2 is 1.52 bits per heavy atom. The highest BCUT2D eigenvalue weighted by atomic mass is 16.2. The number of hydrogen-bond donors (Lipinski definition) is 1. The number of nitrogens with zero attached hydrogens (tertiary/aromatic N) is 3. The SMILES string of the molecule is O=C(CN1CCCN(CCCCCO)CC1)N1CCCC1. The normalized spacial score (nSPS) is 21.7. The lowest BCUT2D eigenvalue weighted by atomic mass is 10.2. The third kappa shape index (κ3) is 5.93. The maximum atomic E-state index is 12.2. The first-order valence-electron chi connectivity index (χ1n) is 8.63. The van der Waals surface area contributed by atoms with Crippen LogP contribution in [0.5, 0.6) is 0 Å². The molecule has 0 atom stereocenters. The fourth-order valence-corrected chi connectivity index (χ4v) is 3.29. The molecule has 0 aromatic carbocycles. The average Bonchev–Trinajstić information content (AvgIpc) is 2.94. The second kappa shape index (κ2) is 9.38. The molecule has 2 aliphatic rings. The summed E-state index contributed by atoms with van der Waals surface area (Å²) in [5.41, 5.74) is 0. The van der Waals surface area contributed by atoms with Crippen molar-refractivity contribution in [1.82, 2.24) is 14.7 Å². The maximum Gasteiger partial charge on any atom is 0.236 e. The molecule has 0 aromatic rings. The molecule has 21 heavy (non-hydrogen) atoms. The molecule has 0 unspecified atom stereocenters. The topological polar surface area (TPSA) is 47.0 Å². The van der Waals surface area contributed by atoms with Crippen molar-refractivity contribution in [3.05, 3.63) is 0 Å². The molecule has 2 rings (SSSR count). The van der Waals surface area contributed by atoms with E-state index in [0.717, 1.165) is 65.1 Å². The number of carbonyl (C=O) groups excluding carboxylic acids is 1. The summed E-state index contributed by atoms with van der Waals surface area (Å²) in [4.78, 5) is 19.1. The first-order chi connectivity index (χ1) is 10.3. The molecule has 1 amide bonds. The molecule has 0 spiro atoms. The third-order valence-electron chi connectivity index (χ3n) is 4.63. The molecule has 122 valence electrons. The predicted octanol–water partition coefficient (Wildman–Crippen LogP) is 0.779. The molecule has 2 fully saturated rings. The van der Waals surface area contributed by atoms with Crippen molar-refractivity contribution in [2.75, 3.05) is 59.0 Å². The number of unbranched alkanes of at least 4 members (excludes halogenated alkanes) is 2. The zero-order valence-electron chi connectivity index (χ0n) is 13.3. The number of carbonyl (C=O) groups is 1. The highest BCUT2D eigenvalue weighted by Crippen LogP contribution is 2.10. The van der Waals surface area contributed by atoms with Gasteiger partial charge in [0, 0.05) is 32.8 Å². The van der Waals surface area contributed by atoms with E-state index in [1.807, 2.05) is 4.90 Å². The number of aliphatic hydroxyl groups is 1. The van der Waals surface area contributed by atoms with E-state index in [2.05, 4.69) is 9.80 Å². The molecule has 0 saturated carbocycles. The summed E-state index contributed by atoms with van der Waals surface area (Å²) in [5, 5.41) is 8.80. The largest absolute Gasteiger partial charge is 0.396 e. The predicted molar refractivity (Wildman–Crippen MR) is 84.2 cm³/mol. The van der Waals surface area contributed by atoms with Crippen LogP contribution in [0.4, 0.5) is 0 Å². The highest BCUT2D eigenvalue weighted by Gasteiger charge is 2.22. The van der Waals surface area contributed by atoms with Crippen molar-refractivity contribution in [3.63, 3.8) is 0 Å². The first kappa shape index (κ1) is 16.7. The van der Waals surface area contributed by atoms with Gasteiger partial charge in [-0.3, -0.25) is 9.69 Å². The number of amides is 1. The van der Waals surface area contributed by atoms with Crippen LogP contribution in [0.1, 0.15) is 38.5 Å². The summed E-state index contributed by atoms with van der Waals surface area (Å²) in [7, 11) is 0. The van der Waals surface area contributed by atoms with E-state index >= 15 is 0 Å². The van der Waals surface area contributed by atoms with Crippen LogP contribution in [0.25, 0.3) is 0 Å². The van der Waals surface area contributed by atoms with Crippen molar-refractivity contribution in [3.8, 4) is 0 Å². The van der Waals surface area contributed by atoms with Crippen LogP contribution in [-0.2, 0) is 4.79 Å². The van der Waals surface area contributed by atoms with Crippen molar-refractivity contribution in [2.45, 2.75) is 38.5 Å². The molecule has 5 nitrogen and oxygen atoms in total. The molecule has 0 aliphatic carbocycles. The van der Waals surface area contributed by atoms with Crippen LogP contribution >= 0.6 is 0 Å². The van der Waals surface area contributed by atoms with Crippen molar-refractivity contribution in [1.29, 1.82) is 0 Å². The Bertz CT molecular complexity index is 306. The molecular formula is C16H31N3O2. The zero-order chi connectivity index (χ0) is 14.9. The quantitative estimate of drug-likeness (QED) is 0.706. The van der Waals surface area contributed by atoms with Gasteiger partial charge in [0.15, 0.2) is 0 Å². The van der Waals surface area contributed by atoms with Crippen LogP contribution in [0.2, 0.25) is 0 Å². The number of hydrogen-bond acceptors (Lipinski definition) is 4. The van der Waals surface area contributed by atoms with Crippen LogP contribution < -0.4 is 0 Å². The summed E-state index contributed by atoms with van der Waals surface area (Å²) in [5.74, 6) is 0.323. The Morgan fingerprint density at radius 1 is 0.810 bits per heavy atom. The Kier molecular flexibility index (Phi) is 7.47. The fourth-order valence-electron chi connectivity index (χ4n) is 3.29. The minimum atomic E-state index is 0.312. The van der Waals surface area contributed by atoms with Gasteiger partial charge >= 0.3 is 0 Å². The monoisotopic (exact) mass is 297 g/mol. The lowest BCUT2D eigenvalue weighted by molar-refractivity contribution is -0.131. The van der Waals surface area contributed by atoms with Crippen LogP contribution in [0.3, 0.4) is 0 Å². The lowest BCUT2D eigenvalue weighted by Crippen LogP contribution is -2.40. The van der Waals surface area contributed by atoms with E-state index in [1.54, 1.807) is 0 Å². The molecule has 2 aliphatic heterocycles. The van der Waals surface area contributed by atoms with Crippen molar-refractivity contribution >= 4 is 5.91 Å². The number of rotatable bonds is 7. The summed E-state index contributed by atoms with van der Waals surface area (Å²) in [6.07, 6.45) is 6.72. The van der Waals surface area contributed by atoms with Gasteiger partial charge in [0.2, 0.25) is 5.91 Å². The highest BCUT2D eigenvalue weighted by molar-refractivity contribution is 5.78. The summed E-state index contributed by atoms with van der Waals surface area (Å²) < 4.78 is 0. The smallest absolute Gasteiger partial charge is 0.236 e. The van der Waals surface area contributed by atoms with Crippen LogP contribution in [0.15, 0.2) is 0 Å². The third-order valence-corrected chi connectivity index (χ3v) is 4.63. The number of likely N-dealkylation sites (tertiary alicyclic amines) is 1. The van der Waals surface area contributed by atoms with E-state index < -0.39 is 0 Å². The molecule has 1 N–H and O–H groups in total. The van der Waals surface area contributed by atoms with E-state index in [0.29, 0.717) is 19.1 Å². The van der Waals surface area contributed by atoms with E-state index in [1.165, 1.54) is 19.3 Å². The minimum absolute atomic E-state index is 0.312. The lowest BCUT2D eigenvalue weighted by Gasteiger charge is -2.23. The van der Waals surface area contributed by atoms with Gasteiger partial charge in [0.1, 0.15) is 0 Å². The summed E-state index contributed by atoms with van der Waals surface area (Å²) in [6, 6.07) is 0. The first-order valence-corrected chi connectivity index (χ1v) is 8.63. The Morgan fingerprint density at radius 3 is 2.29 bits per heavy atom. The molecule has 0 radical (unpaired) electrons. The second-order valence-corrected chi connectivity index (χ2v) is 6.34. The Labute approximate surface area is 128 Å². The van der Waals surface area contributed by atoms with Gasteiger partial charge in [0.05, 0.1) is 6.54 Å². The average molecular weight is 297 g/mol. The van der Waals surface area contributed by atoms with E-state index in [9.17, 15) is 4.79 Å². The number of aliphatic hydroxyl groups excluding tert-OH is 1. The standard InChI is InChI=1S/C16H31N3O2/c20-14-5-1-2-7-17-8-6-9-18(13-12-17)15-16(21)19-10-3-4-11-19/h20H,1-15H2. The van der Waals surface area contributed by atoms with E-state index in [-0.39, 0.29) is 0 Å². The summed E-state index contributed by atoms with van der Waals surface area (Å²) in [6.45, 7) is 8.26. The van der Waals surface area contributed by atoms with Gasteiger partial charge in [0.25, 0.3) is 0 Å². The Hall–Kier alpha value is -0.650. The zero-order valence-corrected chi connectivity index (χ0v) is 13.3. The molecule has 2 heterocycles. The van der Waals surface area contributed by atoms with Gasteiger partial charge < -0.3 is 14.9 Å². The molecule has 0 bridgehead atoms. The second-order valence-electron chi connectivity index (χ2n) is 6.34. The summed E-state index contributed by atoms with van der Waals surface area (Å²) >= 11 is 0. The molecule has 5 heteroatoms. The molecule has 2 saturated heterocycles. The van der Waals surface area contributed by atoms with Crippen LogP contribution in [-0.4, -0.2) is 84.7 Å². The van der Waals surface area contributed by atoms with Crippen LogP contribution in [0, 0.1) is 0 Å². The van der Waals surface area contributed by atoms with Crippen molar-refractivity contribution in [2.24, 2.45) is 0 Å². The van der Waals surface area contributed by atoms with E-state index in [4.69, 9.17) is 5.11 Å². The molecular weight excluding hydrogens is 266 g/mol. The van der Waals surface area contributed by atoms with Gasteiger partial charge in [-0.1, -0.05) is 0 Å². The van der Waals surface area contributed by atoms with Gasteiger partial charge in [-0.2, -0.15) is 0 Å².